The van der Waals surface area contributed by atoms with E-state index in [0.717, 1.165) is 6.08 Å². The van der Waals surface area contributed by atoms with Crippen LogP contribution in [0.4, 0.5) is 0 Å². The van der Waals surface area contributed by atoms with Crippen LogP contribution in [0.2, 0.25) is 0 Å². The fourth-order valence-electron chi connectivity index (χ4n) is 0.863. The smallest absolute Gasteiger partial charge is 0.342 e. The van der Waals surface area contributed by atoms with Gasteiger partial charge in [-0.2, -0.15) is 0 Å². The maximum Gasteiger partial charge on any atom is 0.342 e. The van der Waals surface area contributed by atoms with E-state index in [1.165, 1.54) is 6.08 Å². The van der Waals surface area contributed by atoms with Crippen molar-refractivity contribution in [2.24, 2.45) is 5.92 Å². The molecule has 0 aromatic heterocycles. The molecule has 0 aromatic rings. The minimum atomic E-state index is -1.14. The molecule has 0 fully saturated rings. The van der Waals surface area contributed by atoms with Crippen LogP contribution in [0, 0.1) is 5.92 Å². The number of carbonyl (C=O) groups excluding carboxylic acids is 2. The van der Waals surface area contributed by atoms with Crippen molar-refractivity contribution in [1.29, 1.82) is 0 Å². The predicted molar refractivity (Wildman–Crippen MR) is 68.0 cm³/mol. The summed E-state index contributed by atoms with van der Waals surface area (Å²) in [5, 5.41) is 0. The highest BCUT2D eigenvalue weighted by Gasteiger charge is 2.24. The molecule has 0 saturated heterocycles. The highest BCUT2D eigenvalue weighted by atomic mass is 17.2. The number of esters is 2. The lowest BCUT2D eigenvalue weighted by molar-refractivity contribution is -0.318. The van der Waals surface area contributed by atoms with Crippen LogP contribution in [0.25, 0.3) is 0 Å². The molecule has 1 atom stereocenters. The van der Waals surface area contributed by atoms with Gasteiger partial charge in [0.1, 0.15) is 13.2 Å². The lowest BCUT2D eigenvalue weighted by Gasteiger charge is -2.15. The zero-order chi connectivity index (χ0) is 14.7. The normalized spacial score (nSPS) is 11.7. The molecule has 0 N–H and O–H groups in total. The standard InChI is InChI=1S/C13H20O6/c1-5-7-18-19-11(9-16-12(14)6-2)13(15)17-8-10(3)4/h5-6,10-11H,1-2,7-9H2,3-4H3. The van der Waals surface area contributed by atoms with Gasteiger partial charge in [0, 0.05) is 6.08 Å². The molecule has 6 heteroatoms. The van der Waals surface area contributed by atoms with Crippen LogP contribution in [-0.4, -0.2) is 37.9 Å². The molecule has 0 bridgehead atoms. The molecular formula is C13H20O6. The van der Waals surface area contributed by atoms with E-state index in [0.29, 0.717) is 0 Å². The van der Waals surface area contributed by atoms with Gasteiger partial charge in [-0.25, -0.2) is 19.4 Å². The second-order valence-corrected chi connectivity index (χ2v) is 4.02. The number of carbonyl (C=O) groups is 2. The molecular weight excluding hydrogens is 252 g/mol. The van der Waals surface area contributed by atoms with E-state index in [-0.39, 0.29) is 25.7 Å². The van der Waals surface area contributed by atoms with Gasteiger partial charge in [0.2, 0.25) is 6.10 Å². The Morgan fingerprint density at radius 2 is 1.84 bits per heavy atom. The quantitative estimate of drug-likeness (QED) is 0.150. The van der Waals surface area contributed by atoms with Crippen LogP contribution in [-0.2, 0) is 28.8 Å². The Kier molecular flexibility index (Phi) is 9.38. The van der Waals surface area contributed by atoms with Crippen LogP contribution in [0.15, 0.2) is 25.3 Å². The first kappa shape index (κ1) is 17.3. The molecule has 0 aliphatic carbocycles. The highest BCUT2D eigenvalue weighted by molar-refractivity contribution is 5.82. The Morgan fingerprint density at radius 1 is 1.16 bits per heavy atom. The van der Waals surface area contributed by atoms with Gasteiger partial charge in [-0.3, -0.25) is 0 Å². The van der Waals surface area contributed by atoms with Gasteiger partial charge in [0.15, 0.2) is 0 Å². The van der Waals surface area contributed by atoms with Gasteiger partial charge in [-0.05, 0) is 5.92 Å². The minimum Gasteiger partial charge on any atom is -0.463 e. The number of hydrogen-bond acceptors (Lipinski definition) is 6. The lowest BCUT2D eigenvalue weighted by Crippen LogP contribution is -2.33. The SMILES string of the molecule is C=CCOOC(COC(=O)C=C)C(=O)OCC(C)C. The molecule has 6 nitrogen and oxygen atoms in total. The zero-order valence-electron chi connectivity index (χ0n) is 11.3. The fourth-order valence-corrected chi connectivity index (χ4v) is 0.863. The molecule has 1 unspecified atom stereocenters. The summed E-state index contributed by atoms with van der Waals surface area (Å²) in [5.41, 5.74) is 0. The minimum absolute atomic E-state index is 0.101. The van der Waals surface area contributed by atoms with Crippen molar-refractivity contribution in [3.05, 3.63) is 25.3 Å². The van der Waals surface area contributed by atoms with Gasteiger partial charge in [0.25, 0.3) is 0 Å². The van der Waals surface area contributed by atoms with E-state index < -0.39 is 18.0 Å². The number of hydrogen-bond donors (Lipinski definition) is 0. The van der Waals surface area contributed by atoms with Crippen molar-refractivity contribution in [1.82, 2.24) is 0 Å². The molecule has 0 rings (SSSR count). The van der Waals surface area contributed by atoms with Crippen LogP contribution in [0.1, 0.15) is 13.8 Å². The monoisotopic (exact) mass is 272 g/mol. The maximum atomic E-state index is 11.7. The fraction of sp³-hybridized carbons (Fsp3) is 0.538. The Hall–Kier alpha value is -1.66. The largest absolute Gasteiger partial charge is 0.463 e. The Labute approximate surface area is 112 Å². The van der Waals surface area contributed by atoms with Crippen molar-refractivity contribution >= 4 is 11.9 Å². The summed E-state index contributed by atoms with van der Waals surface area (Å²) in [4.78, 5) is 32.1. The summed E-state index contributed by atoms with van der Waals surface area (Å²) in [6, 6.07) is 0. The third kappa shape index (κ3) is 8.98. The molecule has 0 aliphatic rings. The van der Waals surface area contributed by atoms with E-state index in [2.05, 4.69) is 13.2 Å². The van der Waals surface area contributed by atoms with Gasteiger partial charge in [-0.1, -0.05) is 26.5 Å². The first-order chi connectivity index (χ1) is 9.01. The van der Waals surface area contributed by atoms with Gasteiger partial charge in [-0.15, -0.1) is 6.58 Å². The average Bonchev–Trinajstić information content (AvgIpc) is 2.39. The molecule has 0 amide bonds. The molecule has 0 aliphatic heterocycles. The van der Waals surface area contributed by atoms with Crippen molar-refractivity contribution < 1.29 is 28.8 Å². The Balaban J connectivity index is 4.29. The third-order valence-electron chi connectivity index (χ3n) is 1.74. The van der Waals surface area contributed by atoms with Crippen LogP contribution >= 0.6 is 0 Å². The van der Waals surface area contributed by atoms with Gasteiger partial charge >= 0.3 is 11.9 Å². The van der Waals surface area contributed by atoms with Crippen LogP contribution in [0.5, 0.6) is 0 Å². The topological polar surface area (TPSA) is 71.1 Å². The highest BCUT2D eigenvalue weighted by Crippen LogP contribution is 2.02. The van der Waals surface area contributed by atoms with Crippen molar-refractivity contribution in [3.8, 4) is 0 Å². The summed E-state index contributed by atoms with van der Waals surface area (Å²) in [6.45, 7) is 10.5. The van der Waals surface area contributed by atoms with Crippen molar-refractivity contribution in [2.75, 3.05) is 19.8 Å². The first-order valence-electron chi connectivity index (χ1n) is 5.86. The predicted octanol–water partition coefficient (Wildman–Crippen LogP) is 1.42. The second-order valence-electron chi connectivity index (χ2n) is 4.02. The van der Waals surface area contributed by atoms with Crippen LogP contribution < -0.4 is 0 Å². The molecule has 0 radical (unpaired) electrons. The zero-order valence-corrected chi connectivity index (χ0v) is 11.3. The Morgan fingerprint density at radius 3 is 2.37 bits per heavy atom. The maximum absolute atomic E-state index is 11.7. The van der Waals surface area contributed by atoms with Gasteiger partial charge < -0.3 is 9.47 Å². The van der Waals surface area contributed by atoms with E-state index in [9.17, 15) is 9.59 Å². The molecule has 0 saturated carbocycles. The lowest BCUT2D eigenvalue weighted by atomic mass is 10.2. The third-order valence-corrected chi connectivity index (χ3v) is 1.74. The summed E-state index contributed by atoms with van der Waals surface area (Å²) in [5.74, 6) is -1.13. The molecule has 0 spiro atoms. The Bertz CT molecular complexity index is 310. The summed E-state index contributed by atoms with van der Waals surface area (Å²) < 4.78 is 9.70. The van der Waals surface area contributed by atoms with E-state index >= 15 is 0 Å². The van der Waals surface area contributed by atoms with Crippen molar-refractivity contribution in [3.63, 3.8) is 0 Å². The molecule has 0 aromatic carbocycles. The molecule has 108 valence electrons. The summed E-state index contributed by atoms with van der Waals surface area (Å²) in [7, 11) is 0. The number of rotatable bonds is 10. The summed E-state index contributed by atoms with van der Waals surface area (Å²) >= 11 is 0. The van der Waals surface area contributed by atoms with E-state index in [4.69, 9.17) is 19.2 Å². The van der Waals surface area contributed by atoms with E-state index in [1.54, 1.807) is 0 Å². The first-order valence-corrected chi connectivity index (χ1v) is 5.86. The molecule has 19 heavy (non-hydrogen) atoms. The average molecular weight is 272 g/mol. The van der Waals surface area contributed by atoms with E-state index in [1.807, 2.05) is 13.8 Å². The van der Waals surface area contributed by atoms with Gasteiger partial charge in [0.05, 0.1) is 6.61 Å². The van der Waals surface area contributed by atoms with Crippen LogP contribution in [0.3, 0.4) is 0 Å². The summed E-state index contributed by atoms with van der Waals surface area (Å²) in [6.07, 6.45) is 1.30. The van der Waals surface area contributed by atoms with Crippen molar-refractivity contribution in [2.45, 2.75) is 20.0 Å². The molecule has 0 heterocycles. The number of ether oxygens (including phenoxy) is 2. The second kappa shape index (κ2) is 10.3.